The van der Waals surface area contributed by atoms with Crippen molar-refractivity contribution in [3.8, 4) is 11.5 Å². The molecule has 1 aliphatic rings. The van der Waals surface area contributed by atoms with E-state index in [1.54, 1.807) is 14.2 Å². The first-order chi connectivity index (χ1) is 14.2. The van der Waals surface area contributed by atoms with Crippen LogP contribution in [-0.2, 0) is 11.3 Å². The van der Waals surface area contributed by atoms with Gasteiger partial charge >= 0.3 is 0 Å². The fourth-order valence-electron chi connectivity index (χ4n) is 3.58. The molecule has 0 aliphatic carbocycles. The maximum absolute atomic E-state index is 9.91. The lowest BCUT2D eigenvalue weighted by atomic mass is 9.97. The van der Waals surface area contributed by atoms with E-state index in [1.807, 2.05) is 30.6 Å². The molecule has 0 radical (unpaired) electrons. The van der Waals surface area contributed by atoms with Crippen LogP contribution in [0.5, 0.6) is 11.5 Å². The van der Waals surface area contributed by atoms with Crippen LogP contribution in [0.4, 0.5) is 5.95 Å². The van der Waals surface area contributed by atoms with E-state index in [4.69, 9.17) is 14.2 Å². The quantitative estimate of drug-likeness (QED) is 0.660. The molecule has 1 aromatic carbocycles. The van der Waals surface area contributed by atoms with Gasteiger partial charge in [-0.25, -0.2) is 9.97 Å². The van der Waals surface area contributed by atoms with Crippen molar-refractivity contribution in [2.75, 3.05) is 45.8 Å². The number of anilines is 1. The smallest absolute Gasteiger partial charge is 0.222 e. The van der Waals surface area contributed by atoms with E-state index in [2.05, 4.69) is 27.1 Å². The number of aromatic nitrogens is 2. The molecule has 8 heteroatoms. The lowest BCUT2D eigenvalue weighted by Gasteiger charge is -2.41. The van der Waals surface area contributed by atoms with Gasteiger partial charge in [0.25, 0.3) is 0 Å². The summed E-state index contributed by atoms with van der Waals surface area (Å²) in [5.74, 6) is 1.97. The van der Waals surface area contributed by atoms with Gasteiger partial charge in [0.15, 0.2) is 11.5 Å². The minimum atomic E-state index is -0.326. The number of aliphatic hydroxyl groups excluding tert-OH is 1. The van der Waals surface area contributed by atoms with Crippen LogP contribution in [-0.4, -0.2) is 66.6 Å². The van der Waals surface area contributed by atoms with Gasteiger partial charge in [0.2, 0.25) is 5.95 Å². The normalized spacial score (nSPS) is 19.7. The molecule has 1 fully saturated rings. The maximum Gasteiger partial charge on any atom is 0.222 e. The van der Waals surface area contributed by atoms with Gasteiger partial charge in [-0.1, -0.05) is 13.0 Å². The Labute approximate surface area is 171 Å². The summed E-state index contributed by atoms with van der Waals surface area (Å²) in [5.41, 5.74) is 2.01. The van der Waals surface area contributed by atoms with Crippen molar-refractivity contribution in [2.24, 2.45) is 0 Å². The zero-order valence-corrected chi connectivity index (χ0v) is 17.3. The van der Waals surface area contributed by atoms with Crippen LogP contribution < -0.4 is 14.8 Å². The summed E-state index contributed by atoms with van der Waals surface area (Å²) in [6.45, 7) is 4.85. The van der Waals surface area contributed by atoms with Gasteiger partial charge in [0.05, 0.1) is 33.5 Å². The molecule has 2 N–H and O–H groups in total. The molecular formula is C21H30N4O4. The second-order valence-electron chi connectivity index (χ2n) is 6.96. The predicted molar refractivity (Wildman–Crippen MR) is 110 cm³/mol. The van der Waals surface area contributed by atoms with Crippen LogP contribution in [0.2, 0.25) is 0 Å². The Hall–Kier alpha value is -2.42. The molecule has 0 unspecified atom stereocenters. The van der Waals surface area contributed by atoms with Gasteiger partial charge < -0.3 is 24.6 Å². The molecule has 29 heavy (non-hydrogen) atoms. The first kappa shape index (κ1) is 21.3. The van der Waals surface area contributed by atoms with Crippen molar-refractivity contribution in [3.63, 3.8) is 0 Å². The van der Waals surface area contributed by atoms with Crippen molar-refractivity contribution >= 4 is 5.95 Å². The Morgan fingerprint density at radius 1 is 1.21 bits per heavy atom. The fourth-order valence-corrected chi connectivity index (χ4v) is 3.58. The first-order valence-electron chi connectivity index (χ1n) is 9.93. The fraction of sp³-hybridized carbons (Fsp3) is 0.524. The van der Waals surface area contributed by atoms with E-state index in [-0.39, 0.29) is 18.8 Å². The Morgan fingerprint density at radius 2 is 1.97 bits per heavy atom. The minimum Gasteiger partial charge on any atom is -0.493 e. The molecular weight excluding hydrogens is 372 g/mol. The number of rotatable bonds is 9. The van der Waals surface area contributed by atoms with Crippen molar-refractivity contribution in [1.82, 2.24) is 14.9 Å². The van der Waals surface area contributed by atoms with E-state index >= 15 is 0 Å². The summed E-state index contributed by atoms with van der Waals surface area (Å²) in [6, 6.07) is 5.70. The molecule has 2 heterocycles. The maximum atomic E-state index is 9.91. The number of hydrogen-bond acceptors (Lipinski definition) is 8. The molecule has 2 aromatic rings. The zero-order chi connectivity index (χ0) is 20.6. The van der Waals surface area contributed by atoms with E-state index < -0.39 is 0 Å². The van der Waals surface area contributed by atoms with Gasteiger partial charge in [-0.2, -0.15) is 0 Å². The summed E-state index contributed by atoms with van der Waals surface area (Å²) in [5, 5.41) is 13.1. The topological polar surface area (TPSA) is 89.0 Å². The highest BCUT2D eigenvalue weighted by Crippen LogP contribution is 2.36. The van der Waals surface area contributed by atoms with Crippen molar-refractivity contribution in [3.05, 3.63) is 41.7 Å². The van der Waals surface area contributed by atoms with Crippen molar-refractivity contribution < 1.29 is 19.3 Å². The van der Waals surface area contributed by atoms with Gasteiger partial charge in [-0.3, -0.25) is 4.90 Å². The van der Waals surface area contributed by atoms with Gasteiger partial charge in [0, 0.05) is 37.6 Å². The van der Waals surface area contributed by atoms with Gasteiger partial charge in [-0.15, -0.1) is 0 Å². The molecule has 1 aromatic heterocycles. The zero-order valence-electron chi connectivity index (χ0n) is 17.3. The second-order valence-corrected chi connectivity index (χ2v) is 6.96. The summed E-state index contributed by atoms with van der Waals surface area (Å²) in [6.07, 6.45) is 4.39. The summed E-state index contributed by atoms with van der Waals surface area (Å²) in [4.78, 5) is 11.1. The molecule has 8 nitrogen and oxygen atoms in total. The number of hydrogen-bond donors (Lipinski definition) is 2. The highest BCUT2D eigenvalue weighted by atomic mass is 16.5. The standard InChI is InChI=1S/C21H30N4O4/c1-4-7-22-21-23-11-15(12-24-21)13-25-8-9-29-19(14-26)20(25)16-5-6-17(27-2)18(10-16)28-3/h5-6,10-12,19-20,26H,4,7-9,13-14H2,1-3H3,(H,22,23,24)/t19-,20-/m1/s1. The van der Waals surface area contributed by atoms with E-state index in [9.17, 15) is 5.11 Å². The highest BCUT2D eigenvalue weighted by molar-refractivity contribution is 5.44. The molecule has 0 saturated carbocycles. The number of nitrogens with one attached hydrogen (secondary N) is 1. The highest BCUT2D eigenvalue weighted by Gasteiger charge is 2.34. The molecule has 1 saturated heterocycles. The van der Waals surface area contributed by atoms with E-state index in [0.717, 1.165) is 30.6 Å². The number of benzene rings is 1. The van der Waals surface area contributed by atoms with Crippen LogP contribution in [0.3, 0.4) is 0 Å². The minimum absolute atomic E-state index is 0.0636. The van der Waals surface area contributed by atoms with Crippen molar-refractivity contribution in [2.45, 2.75) is 32.0 Å². The Balaban J connectivity index is 1.82. The average molecular weight is 402 g/mol. The molecule has 158 valence electrons. The first-order valence-corrected chi connectivity index (χ1v) is 9.93. The third kappa shape index (κ3) is 5.14. The largest absolute Gasteiger partial charge is 0.493 e. The van der Waals surface area contributed by atoms with Crippen molar-refractivity contribution in [1.29, 1.82) is 0 Å². The summed E-state index contributed by atoms with van der Waals surface area (Å²) in [7, 11) is 3.23. The molecule has 0 spiro atoms. The molecule has 1 aliphatic heterocycles. The Bertz CT molecular complexity index is 772. The van der Waals surface area contributed by atoms with Crippen LogP contribution in [0.15, 0.2) is 30.6 Å². The third-order valence-electron chi connectivity index (χ3n) is 5.01. The predicted octanol–water partition coefficient (Wildman–Crippen LogP) is 2.25. The monoisotopic (exact) mass is 402 g/mol. The molecule has 0 amide bonds. The van der Waals surface area contributed by atoms with Gasteiger partial charge in [0.1, 0.15) is 6.10 Å². The lowest BCUT2D eigenvalue weighted by Crippen LogP contribution is -2.46. The van der Waals surface area contributed by atoms with E-state index in [0.29, 0.717) is 30.6 Å². The van der Waals surface area contributed by atoms with Crippen LogP contribution in [0.1, 0.15) is 30.5 Å². The van der Waals surface area contributed by atoms with Gasteiger partial charge in [-0.05, 0) is 24.1 Å². The molecule has 3 rings (SSSR count). The Morgan fingerprint density at radius 3 is 2.62 bits per heavy atom. The average Bonchev–Trinajstić information content (AvgIpc) is 2.78. The van der Waals surface area contributed by atoms with E-state index in [1.165, 1.54) is 0 Å². The number of aliphatic hydroxyl groups is 1. The Kier molecular flexibility index (Phi) is 7.62. The van der Waals surface area contributed by atoms with Crippen LogP contribution in [0.25, 0.3) is 0 Å². The second kappa shape index (κ2) is 10.4. The van der Waals surface area contributed by atoms with Crippen LogP contribution >= 0.6 is 0 Å². The number of ether oxygens (including phenoxy) is 3. The molecule has 0 bridgehead atoms. The number of methoxy groups -OCH3 is 2. The SMILES string of the molecule is CCCNc1ncc(CN2CCO[C@H](CO)[C@H]2c2ccc(OC)c(OC)c2)cn1. The number of morpholine rings is 1. The summed E-state index contributed by atoms with van der Waals surface area (Å²) >= 11 is 0. The molecule has 2 atom stereocenters. The summed E-state index contributed by atoms with van der Waals surface area (Å²) < 4.78 is 16.7. The lowest BCUT2D eigenvalue weighted by molar-refractivity contribution is -0.0961. The third-order valence-corrected chi connectivity index (χ3v) is 5.01. The number of nitrogens with zero attached hydrogens (tertiary/aromatic N) is 3. The van der Waals surface area contributed by atoms with Crippen LogP contribution in [0, 0.1) is 0 Å².